The van der Waals surface area contributed by atoms with Crippen LogP contribution in [0.1, 0.15) is 21.5 Å². The number of ether oxygens (including phenoxy) is 1. The number of anilines is 3. The molecule has 0 saturated carbocycles. The number of hydrogen-bond donors (Lipinski definition) is 3. The van der Waals surface area contributed by atoms with Crippen molar-refractivity contribution in [1.29, 1.82) is 0 Å². The zero-order chi connectivity index (χ0) is 29.1. The number of benzene rings is 3. The van der Waals surface area contributed by atoms with Crippen molar-refractivity contribution in [1.82, 2.24) is 9.80 Å². The highest BCUT2D eigenvalue weighted by atomic mass is 16.5. The number of nitrogens with zero attached hydrogens (tertiary/aromatic N) is 3. The van der Waals surface area contributed by atoms with Gasteiger partial charge < -0.3 is 30.3 Å². The molecule has 0 atom stereocenters. The van der Waals surface area contributed by atoms with E-state index in [0.717, 1.165) is 31.9 Å². The maximum Gasteiger partial charge on any atom is 0.335 e. The molecule has 0 aromatic heterocycles. The molecule has 41 heavy (non-hydrogen) atoms. The van der Waals surface area contributed by atoms with E-state index in [1.54, 1.807) is 37.3 Å². The minimum atomic E-state index is -1.08. The second-order valence-electron chi connectivity index (χ2n) is 10.2. The van der Waals surface area contributed by atoms with E-state index in [9.17, 15) is 19.5 Å². The summed E-state index contributed by atoms with van der Waals surface area (Å²) in [6, 6.07) is 19.2. The smallest absolute Gasteiger partial charge is 0.335 e. The Labute approximate surface area is 238 Å². The lowest BCUT2D eigenvalue weighted by Gasteiger charge is -2.32. The van der Waals surface area contributed by atoms with E-state index >= 15 is 0 Å². The number of carbonyl (C=O) groups is 3. The summed E-state index contributed by atoms with van der Waals surface area (Å²) in [5, 5.41) is 15.8. The lowest BCUT2D eigenvalue weighted by Crippen LogP contribution is -2.48. The largest absolute Gasteiger partial charge is 0.497 e. The van der Waals surface area contributed by atoms with Crippen molar-refractivity contribution in [3.63, 3.8) is 0 Å². The zero-order valence-corrected chi connectivity index (χ0v) is 23.3. The fourth-order valence-electron chi connectivity index (χ4n) is 4.95. The van der Waals surface area contributed by atoms with Gasteiger partial charge in [0.2, 0.25) is 5.91 Å². The quantitative estimate of drug-likeness (QED) is 0.362. The van der Waals surface area contributed by atoms with Crippen molar-refractivity contribution in [2.75, 3.05) is 69.5 Å². The molecule has 2 heterocycles. The van der Waals surface area contributed by atoms with Crippen LogP contribution in [-0.4, -0.2) is 86.6 Å². The number of carboxylic acid groups (broad SMARTS) is 1. The van der Waals surface area contributed by atoms with Gasteiger partial charge in [-0.05, 0) is 79.3 Å². The molecular weight excluding hydrogens is 522 g/mol. The number of carbonyl (C=O) groups excluding carboxylic acids is 2. The van der Waals surface area contributed by atoms with Gasteiger partial charge in [-0.25, -0.2) is 4.79 Å². The van der Waals surface area contributed by atoms with E-state index in [0.29, 0.717) is 46.1 Å². The number of methoxy groups -OCH3 is 1. The lowest BCUT2D eigenvalue weighted by atomic mass is 9.98. The number of piperazine rings is 1. The molecule has 0 unspecified atom stereocenters. The Hall–Kier alpha value is -4.67. The number of carboxylic acids is 1. The molecule has 3 N–H and O–H groups in total. The Kier molecular flexibility index (Phi) is 8.04. The third kappa shape index (κ3) is 6.08. The molecule has 2 amide bonds. The second kappa shape index (κ2) is 11.8. The van der Waals surface area contributed by atoms with Crippen LogP contribution in [0.15, 0.2) is 66.7 Å². The van der Waals surface area contributed by atoms with Gasteiger partial charge in [-0.1, -0.05) is 0 Å². The first-order valence-corrected chi connectivity index (χ1v) is 13.4. The zero-order valence-electron chi connectivity index (χ0n) is 23.3. The Morgan fingerprint density at radius 1 is 0.976 bits per heavy atom. The molecular formula is C31H33N5O5. The average molecular weight is 556 g/mol. The molecule has 5 rings (SSSR count). The summed E-state index contributed by atoms with van der Waals surface area (Å²) in [5.41, 5.74) is 4.13. The average Bonchev–Trinajstić information content (AvgIpc) is 3.31. The summed E-state index contributed by atoms with van der Waals surface area (Å²) in [6.45, 7) is 4.00. The van der Waals surface area contributed by atoms with Crippen LogP contribution < -0.4 is 20.3 Å². The molecule has 212 valence electrons. The fourth-order valence-corrected chi connectivity index (χ4v) is 4.95. The van der Waals surface area contributed by atoms with Gasteiger partial charge in [0.05, 0.1) is 30.5 Å². The molecule has 2 aliphatic rings. The Bertz CT molecular complexity index is 1490. The summed E-state index contributed by atoms with van der Waals surface area (Å²) < 4.78 is 5.30. The molecule has 0 bridgehead atoms. The van der Waals surface area contributed by atoms with Crippen molar-refractivity contribution in [2.45, 2.75) is 0 Å². The predicted molar refractivity (Wildman–Crippen MR) is 159 cm³/mol. The van der Waals surface area contributed by atoms with Gasteiger partial charge in [-0.3, -0.25) is 14.5 Å². The van der Waals surface area contributed by atoms with Crippen molar-refractivity contribution in [3.8, 4) is 5.75 Å². The van der Waals surface area contributed by atoms with E-state index in [1.165, 1.54) is 12.1 Å². The summed E-state index contributed by atoms with van der Waals surface area (Å²) in [4.78, 5) is 43.9. The minimum Gasteiger partial charge on any atom is -0.497 e. The molecule has 1 fully saturated rings. The predicted octanol–water partition coefficient (Wildman–Crippen LogP) is 3.54. The van der Waals surface area contributed by atoms with E-state index in [1.807, 2.05) is 36.4 Å². The first-order chi connectivity index (χ1) is 19.7. The van der Waals surface area contributed by atoms with Crippen LogP contribution in [0.2, 0.25) is 0 Å². The van der Waals surface area contributed by atoms with Gasteiger partial charge in [0.1, 0.15) is 5.75 Å². The number of aromatic carboxylic acids is 1. The summed E-state index contributed by atoms with van der Waals surface area (Å²) >= 11 is 0. The van der Waals surface area contributed by atoms with Gasteiger partial charge in [-0.2, -0.15) is 0 Å². The second-order valence-corrected chi connectivity index (χ2v) is 10.2. The molecule has 3 aromatic carbocycles. The van der Waals surface area contributed by atoms with Crippen molar-refractivity contribution < 1.29 is 24.2 Å². The van der Waals surface area contributed by atoms with Gasteiger partial charge in [0.25, 0.3) is 5.91 Å². The maximum absolute atomic E-state index is 13.2. The molecule has 0 spiro atoms. The topological polar surface area (TPSA) is 114 Å². The van der Waals surface area contributed by atoms with Crippen LogP contribution >= 0.6 is 0 Å². The molecule has 1 saturated heterocycles. The third-order valence-electron chi connectivity index (χ3n) is 7.49. The Balaban J connectivity index is 1.43. The normalized spacial score (nSPS) is 16.5. The van der Waals surface area contributed by atoms with Crippen molar-refractivity contribution in [3.05, 3.63) is 83.4 Å². The minimum absolute atomic E-state index is 0.0183. The van der Waals surface area contributed by atoms with Gasteiger partial charge in [-0.15, -0.1) is 0 Å². The third-order valence-corrected chi connectivity index (χ3v) is 7.49. The number of likely N-dealkylation sites (N-methyl/N-ethyl adjacent to an activating group) is 2. The molecule has 3 aromatic rings. The maximum atomic E-state index is 13.2. The van der Waals surface area contributed by atoms with Crippen LogP contribution in [0.5, 0.6) is 5.75 Å². The van der Waals surface area contributed by atoms with Crippen LogP contribution in [0.25, 0.3) is 11.3 Å². The fraction of sp³-hybridized carbons (Fsp3) is 0.258. The molecule has 10 heteroatoms. The van der Waals surface area contributed by atoms with E-state index in [-0.39, 0.29) is 17.4 Å². The van der Waals surface area contributed by atoms with Crippen LogP contribution in [0.3, 0.4) is 0 Å². The van der Waals surface area contributed by atoms with Gasteiger partial charge in [0.15, 0.2) is 0 Å². The first-order valence-electron chi connectivity index (χ1n) is 13.4. The SMILES string of the molecule is COc1ccc(/C(Nc2ccc(N(C)C(=O)CN3CCN(C)CC3)cc2)=C2/C(=O)Nc3ccc(C(=O)O)cc32)cc1. The highest BCUT2D eigenvalue weighted by molar-refractivity contribution is 6.37. The van der Waals surface area contributed by atoms with E-state index in [2.05, 4.69) is 27.5 Å². The van der Waals surface area contributed by atoms with Crippen LogP contribution in [0.4, 0.5) is 17.1 Å². The Morgan fingerprint density at radius 2 is 1.63 bits per heavy atom. The van der Waals surface area contributed by atoms with Crippen molar-refractivity contribution in [2.24, 2.45) is 0 Å². The highest BCUT2D eigenvalue weighted by Gasteiger charge is 2.29. The van der Waals surface area contributed by atoms with Gasteiger partial charge in [0, 0.05) is 55.9 Å². The highest BCUT2D eigenvalue weighted by Crippen LogP contribution is 2.38. The summed E-state index contributed by atoms with van der Waals surface area (Å²) in [5.74, 6) is -0.736. The van der Waals surface area contributed by atoms with Gasteiger partial charge >= 0.3 is 5.97 Å². The lowest BCUT2D eigenvalue weighted by molar-refractivity contribution is -0.119. The molecule has 0 radical (unpaired) electrons. The van der Waals surface area contributed by atoms with Crippen molar-refractivity contribution >= 4 is 46.1 Å². The van der Waals surface area contributed by atoms with E-state index in [4.69, 9.17) is 4.74 Å². The number of amides is 2. The monoisotopic (exact) mass is 555 g/mol. The standard InChI is InChI=1S/C31H33N5O5/c1-34-14-16-36(17-15-34)19-27(37)35(2)23-9-7-22(8-10-23)32-29(20-4-11-24(41-3)12-5-20)28-25-18-21(31(39)40)6-13-26(25)33-30(28)38/h4-13,18,32H,14-17,19H2,1-3H3,(H,33,38)(H,39,40)/b29-28-. The molecule has 10 nitrogen and oxygen atoms in total. The number of rotatable bonds is 8. The number of nitrogens with one attached hydrogen (secondary N) is 2. The Morgan fingerprint density at radius 3 is 2.27 bits per heavy atom. The van der Waals surface area contributed by atoms with Crippen LogP contribution in [0, 0.1) is 0 Å². The number of hydrogen-bond acceptors (Lipinski definition) is 7. The summed E-state index contributed by atoms with van der Waals surface area (Å²) in [6.07, 6.45) is 0. The summed E-state index contributed by atoms with van der Waals surface area (Å²) in [7, 11) is 5.43. The van der Waals surface area contributed by atoms with Crippen LogP contribution in [-0.2, 0) is 9.59 Å². The first kappa shape index (κ1) is 27.9. The van der Waals surface area contributed by atoms with E-state index < -0.39 is 5.97 Å². The molecule has 0 aliphatic carbocycles. The molecule has 2 aliphatic heterocycles. The number of fused-ring (bicyclic) bond motifs is 1.